The zero-order valence-electron chi connectivity index (χ0n) is 52.2. The van der Waals surface area contributed by atoms with E-state index in [0.29, 0.717) is 84.5 Å². The van der Waals surface area contributed by atoms with Gasteiger partial charge in [-0.3, -0.25) is 33.0 Å². The third-order valence-corrected chi connectivity index (χ3v) is 19.8. The van der Waals surface area contributed by atoms with Crippen LogP contribution in [0.25, 0.3) is 0 Å². The van der Waals surface area contributed by atoms with E-state index in [1.165, 1.54) is 101 Å². The molecule has 0 radical (unpaired) electrons. The van der Waals surface area contributed by atoms with Gasteiger partial charge in [0.05, 0.1) is 0 Å². The van der Waals surface area contributed by atoms with Crippen LogP contribution in [-0.4, -0.2) is 149 Å². The summed E-state index contributed by atoms with van der Waals surface area (Å²) in [5.74, 6) is 9.95. The van der Waals surface area contributed by atoms with Crippen molar-refractivity contribution in [1.82, 2.24) is 29.4 Å². The first kappa shape index (κ1) is 65.9. The minimum absolute atomic E-state index is 0.0407. The van der Waals surface area contributed by atoms with Crippen molar-refractivity contribution in [2.75, 3.05) is 37.7 Å². The molecule has 10 rings (SSSR count). The number of amides is 6. The first-order valence-corrected chi connectivity index (χ1v) is 33.4. The molecule has 1 aromatic rings. The van der Waals surface area contributed by atoms with Gasteiger partial charge in [-0.25, -0.2) is 0 Å². The highest BCUT2D eigenvalue weighted by Crippen LogP contribution is 2.41. The van der Waals surface area contributed by atoms with Crippen molar-refractivity contribution in [2.24, 2.45) is 53.3 Å². The molecule has 9 aliphatic heterocycles. The number of fused-ring (bicyclic) bond motifs is 7. The number of piperidine rings is 3. The lowest BCUT2D eigenvalue weighted by molar-refractivity contribution is -0.140. The SMILES string of the molecule is C=S1(=O)CCN(C(=O)C(C)C)CC1.CC(C)C(=O)N1CCCC1.CC(C)C(=O)N1Cc2ccccc2C1.CC1CC2CCC(C1)N2C(=O)C(C)C.CC1C[C@H]2CC[C@@H](C1)N2C(=O)C(C)C.CC1C[C@H]2CC[C@@H](C1)N2C(=O)C(C)C. The highest BCUT2D eigenvalue weighted by molar-refractivity contribution is 8.00. The van der Waals surface area contributed by atoms with E-state index in [4.69, 9.17) is 0 Å². The summed E-state index contributed by atoms with van der Waals surface area (Å²) in [5, 5.41) is 0. The molecule has 0 N–H and O–H groups in total. The van der Waals surface area contributed by atoms with Crippen LogP contribution in [0.15, 0.2) is 24.3 Å². The Bertz CT molecular complexity index is 2090. The molecule has 6 bridgehead atoms. The lowest BCUT2D eigenvalue weighted by Gasteiger charge is -2.38. The number of benzene rings is 1. The zero-order chi connectivity index (χ0) is 58.6. The average molecular weight is 1120 g/mol. The van der Waals surface area contributed by atoms with Crippen molar-refractivity contribution >= 4 is 50.8 Å². The van der Waals surface area contributed by atoms with Crippen LogP contribution in [0.2, 0.25) is 0 Å². The van der Waals surface area contributed by atoms with E-state index in [1.807, 2.05) is 105 Å². The summed E-state index contributed by atoms with van der Waals surface area (Å²) in [6, 6.07) is 11.7. The van der Waals surface area contributed by atoms with Crippen LogP contribution >= 0.6 is 0 Å². The van der Waals surface area contributed by atoms with Gasteiger partial charge in [0.15, 0.2) is 0 Å². The van der Waals surface area contributed by atoms with Gasteiger partial charge in [-0.05, 0) is 134 Å². The molecule has 13 nitrogen and oxygen atoms in total. The fourth-order valence-electron chi connectivity index (χ4n) is 13.8. The first-order valence-electron chi connectivity index (χ1n) is 31.3. The second-order valence-electron chi connectivity index (χ2n) is 27.2. The van der Waals surface area contributed by atoms with Crippen LogP contribution in [0.5, 0.6) is 0 Å². The van der Waals surface area contributed by atoms with Crippen LogP contribution in [0.4, 0.5) is 0 Å². The summed E-state index contributed by atoms with van der Waals surface area (Å²) < 4.78 is 11.5. The van der Waals surface area contributed by atoms with Gasteiger partial charge in [-0.2, -0.15) is 0 Å². The summed E-state index contributed by atoms with van der Waals surface area (Å²) in [5.41, 5.74) is 2.59. The summed E-state index contributed by atoms with van der Waals surface area (Å²) in [4.78, 5) is 82.8. The number of hydrogen-bond acceptors (Lipinski definition) is 7. The highest BCUT2D eigenvalue weighted by atomic mass is 32.2. The first-order chi connectivity index (χ1) is 37.1. The van der Waals surface area contributed by atoms with E-state index in [2.05, 4.69) is 53.5 Å². The molecular formula is C65H110N6O7S. The van der Waals surface area contributed by atoms with Crippen molar-refractivity contribution < 1.29 is 33.0 Å². The van der Waals surface area contributed by atoms with Crippen molar-refractivity contribution in [2.45, 2.75) is 243 Å². The molecule has 79 heavy (non-hydrogen) atoms. The molecule has 4 unspecified atom stereocenters. The Morgan fingerprint density at radius 1 is 0.405 bits per heavy atom. The molecule has 9 aliphatic rings. The van der Waals surface area contributed by atoms with Crippen LogP contribution in [-0.2, 0) is 51.4 Å². The van der Waals surface area contributed by atoms with Gasteiger partial charge in [-0.15, -0.1) is 0 Å². The zero-order valence-corrected chi connectivity index (χ0v) is 53.0. The van der Waals surface area contributed by atoms with Crippen molar-refractivity contribution in [3.8, 4) is 0 Å². The van der Waals surface area contributed by atoms with Crippen LogP contribution < -0.4 is 0 Å². The van der Waals surface area contributed by atoms with Crippen molar-refractivity contribution in [3.05, 3.63) is 35.4 Å². The maximum absolute atomic E-state index is 12.0. The molecule has 8 fully saturated rings. The quantitative estimate of drug-likeness (QED) is 0.259. The number of nitrogens with zero attached hydrogens (tertiary/aromatic N) is 6. The van der Waals surface area contributed by atoms with Crippen LogP contribution in [0.1, 0.15) is 205 Å². The molecular weight excluding hydrogens is 1010 g/mol. The van der Waals surface area contributed by atoms with E-state index < -0.39 is 9.52 Å². The number of carbonyl (C=O) groups is 6. The van der Waals surface area contributed by atoms with Gasteiger partial charge < -0.3 is 29.4 Å². The van der Waals surface area contributed by atoms with Crippen LogP contribution in [0.3, 0.4) is 0 Å². The van der Waals surface area contributed by atoms with Gasteiger partial charge in [0.25, 0.3) is 0 Å². The Hall–Kier alpha value is -3.94. The molecule has 6 amide bonds. The molecule has 0 aromatic heterocycles. The largest absolute Gasteiger partial charge is 0.342 e. The van der Waals surface area contributed by atoms with E-state index in [-0.39, 0.29) is 47.3 Å². The molecule has 0 spiro atoms. The van der Waals surface area contributed by atoms with Gasteiger partial charge in [0.1, 0.15) is 0 Å². The number of hydrogen-bond donors (Lipinski definition) is 0. The summed E-state index contributed by atoms with van der Waals surface area (Å²) in [6.07, 6.45) is 17.2. The smallest absolute Gasteiger partial charge is 0.225 e. The van der Waals surface area contributed by atoms with Crippen molar-refractivity contribution in [1.29, 1.82) is 0 Å². The predicted molar refractivity (Wildman–Crippen MR) is 323 cm³/mol. The van der Waals surface area contributed by atoms with Gasteiger partial charge in [0, 0.05) is 123 Å². The summed E-state index contributed by atoms with van der Waals surface area (Å²) >= 11 is 0. The third-order valence-electron chi connectivity index (χ3n) is 18.0. The standard InChI is InChI=1S/3C12H21NO.C12H15NO.C9H17NO2S.C8H15NO/c3*1-8(2)12(14)13-10-4-5-11(13)7-9(3)6-10;1-9(2)12(14)13-7-10-5-3-4-6-11(10)8-13;1-8(2)9(11)10-4-6-13(3,12)7-5-10;1-7(2)8(10)9-5-3-4-6-9/h3*8-11H,4-7H2,1-3H3;3-6,9H,7-8H2,1-2H3;8H,3-7H2,1-2H3;7H,3-6H2,1-2H3/t2*9?,10-,11+;;;;. The minimum Gasteiger partial charge on any atom is -0.342 e. The summed E-state index contributed by atoms with van der Waals surface area (Å²) in [6.45, 7) is 35.4. The number of likely N-dealkylation sites (tertiary alicyclic amines) is 1. The van der Waals surface area contributed by atoms with Gasteiger partial charge in [-0.1, -0.05) is 128 Å². The maximum Gasteiger partial charge on any atom is 0.225 e. The van der Waals surface area contributed by atoms with E-state index >= 15 is 0 Å². The Morgan fingerprint density at radius 2 is 0.646 bits per heavy atom. The molecule has 14 heteroatoms. The molecule has 9 heterocycles. The topological polar surface area (TPSA) is 139 Å². The molecule has 8 saturated heterocycles. The Morgan fingerprint density at radius 3 is 0.899 bits per heavy atom. The van der Waals surface area contributed by atoms with E-state index in [9.17, 15) is 33.0 Å². The fourth-order valence-corrected chi connectivity index (χ4v) is 15.1. The average Bonchev–Trinajstić information content (AvgIpc) is 4.28. The molecule has 0 saturated carbocycles. The normalized spacial score (nSPS) is 28.0. The van der Waals surface area contributed by atoms with Crippen molar-refractivity contribution in [3.63, 3.8) is 0 Å². The lowest BCUT2D eigenvalue weighted by Crippen LogP contribution is -2.47. The molecule has 0 aliphatic carbocycles. The Labute approximate surface area is 480 Å². The molecule has 448 valence electrons. The third kappa shape index (κ3) is 18.3. The number of carbonyl (C=O) groups excluding carboxylic acids is 6. The minimum atomic E-state index is -1.87. The van der Waals surface area contributed by atoms with E-state index in [0.717, 1.165) is 43.9 Å². The second-order valence-corrected chi connectivity index (χ2v) is 30.0. The number of rotatable bonds is 6. The summed E-state index contributed by atoms with van der Waals surface area (Å²) in [7, 11) is -1.87. The van der Waals surface area contributed by atoms with E-state index in [1.54, 1.807) is 4.90 Å². The van der Waals surface area contributed by atoms with Crippen LogP contribution in [0, 0.1) is 53.3 Å². The maximum atomic E-state index is 12.0. The predicted octanol–water partition coefficient (Wildman–Crippen LogP) is 10.9. The van der Waals surface area contributed by atoms with Gasteiger partial charge in [0.2, 0.25) is 35.4 Å². The lowest BCUT2D eigenvalue weighted by atomic mass is 9.91. The fraction of sp³-hybridized carbons (Fsp3) is 0.800. The van der Waals surface area contributed by atoms with Gasteiger partial charge >= 0.3 is 0 Å². The Kier molecular flexibility index (Phi) is 24.9. The Balaban J connectivity index is 0.000000175. The highest BCUT2D eigenvalue weighted by Gasteiger charge is 2.44. The molecule has 8 atom stereocenters. The monoisotopic (exact) mass is 1120 g/mol. The molecule has 1 aromatic carbocycles. The second kappa shape index (κ2) is 29.9.